The Kier molecular flexibility index (Phi) is 4.88. The molecule has 1 atom stereocenters. The lowest BCUT2D eigenvalue weighted by atomic mass is 10.1. The third kappa shape index (κ3) is 3.85. The standard InChI is InChI=1S/C19H22N6O2/c1-13(14-5-3-2-4-6-14)21-19(26)22-17-11-16-15(12-20-17)18(24-23-16)25-7-9-27-10-8-25/h2-6,11-13H,7-10H2,1H3,(H,23,24)(H2,20,21,22,26). The van der Waals surface area contributed by atoms with Crippen molar-refractivity contribution in [3.8, 4) is 0 Å². The Morgan fingerprint density at radius 3 is 2.81 bits per heavy atom. The van der Waals surface area contributed by atoms with E-state index in [1.54, 1.807) is 12.3 Å². The number of urea groups is 1. The molecule has 3 N–H and O–H groups in total. The average molecular weight is 366 g/mol. The van der Waals surface area contributed by atoms with Crippen molar-refractivity contribution in [3.05, 3.63) is 48.2 Å². The first-order chi connectivity index (χ1) is 13.2. The van der Waals surface area contributed by atoms with E-state index in [0.717, 1.165) is 35.4 Å². The number of carbonyl (C=O) groups excluding carboxylic acids is 1. The van der Waals surface area contributed by atoms with E-state index >= 15 is 0 Å². The first-order valence-corrected chi connectivity index (χ1v) is 9.00. The van der Waals surface area contributed by atoms with Gasteiger partial charge in [0.05, 0.1) is 30.2 Å². The van der Waals surface area contributed by atoms with Gasteiger partial charge in [-0.15, -0.1) is 0 Å². The summed E-state index contributed by atoms with van der Waals surface area (Å²) < 4.78 is 5.39. The molecule has 0 spiro atoms. The average Bonchev–Trinajstić information content (AvgIpc) is 3.12. The van der Waals surface area contributed by atoms with Crippen molar-refractivity contribution in [2.24, 2.45) is 0 Å². The van der Waals surface area contributed by atoms with Gasteiger partial charge < -0.3 is 15.0 Å². The molecule has 4 rings (SSSR count). The molecular formula is C19H22N6O2. The number of rotatable bonds is 4. The number of nitrogens with zero attached hydrogens (tertiary/aromatic N) is 3. The van der Waals surface area contributed by atoms with Gasteiger partial charge in [0.1, 0.15) is 5.82 Å². The molecule has 0 saturated carbocycles. The first kappa shape index (κ1) is 17.3. The molecule has 0 bridgehead atoms. The van der Waals surface area contributed by atoms with Crippen LogP contribution in [0, 0.1) is 0 Å². The van der Waals surface area contributed by atoms with Gasteiger partial charge in [-0.2, -0.15) is 5.10 Å². The van der Waals surface area contributed by atoms with Crippen molar-refractivity contribution in [1.82, 2.24) is 20.5 Å². The molecule has 1 aliphatic rings. The summed E-state index contributed by atoms with van der Waals surface area (Å²) in [5.41, 5.74) is 1.87. The van der Waals surface area contributed by atoms with Crippen molar-refractivity contribution in [3.63, 3.8) is 0 Å². The molecule has 8 nitrogen and oxygen atoms in total. The molecule has 1 saturated heterocycles. The van der Waals surface area contributed by atoms with E-state index < -0.39 is 0 Å². The minimum Gasteiger partial charge on any atom is -0.378 e. The third-order valence-electron chi connectivity index (χ3n) is 4.63. The van der Waals surface area contributed by atoms with E-state index in [1.165, 1.54) is 0 Å². The predicted octanol–water partition coefficient (Wildman–Crippen LogP) is 2.68. The molecule has 27 heavy (non-hydrogen) atoms. The maximum absolute atomic E-state index is 12.3. The van der Waals surface area contributed by atoms with Gasteiger partial charge in [0.15, 0.2) is 5.82 Å². The highest BCUT2D eigenvalue weighted by molar-refractivity contribution is 5.94. The minimum absolute atomic E-state index is 0.102. The van der Waals surface area contributed by atoms with E-state index in [0.29, 0.717) is 19.0 Å². The number of aromatic amines is 1. The number of hydrogen-bond donors (Lipinski definition) is 3. The molecule has 3 heterocycles. The number of carbonyl (C=O) groups is 1. The zero-order chi connectivity index (χ0) is 18.6. The van der Waals surface area contributed by atoms with E-state index in [1.807, 2.05) is 37.3 Å². The van der Waals surface area contributed by atoms with Crippen LogP contribution in [-0.4, -0.2) is 47.5 Å². The molecule has 0 aliphatic carbocycles. The van der Waals surface area contributed by atoms with Crippen LogP contribution in [0.4, 0.5) is 16.4 Å². The SMILES string of the molecule is CC(NC(=O)Nc1cc2[nH]nc(N3CCOCC3)c2cn1)c1ccccc1. The Morgan fingerprint density at radius 2 is 2.04 bits per heavy atom. The summed E-state index contributed by atoms with van der Waals surface area (Å²) in [6.07, 6.45) is 1.74. The molecule has 1 unspecified atom stereocenters. The summed E-state index contributed by atoms with van der Waals surface area (Å²) in [6, 6.07) is 11.2. The molecule has 2 aromatic heterocycles. The van der Waals surface area contributed by atoms with Crippen molar-refractivity contribution in [2.45, 2.75) is 13.0 Å². The molecule has 1 aliphatic heterocycles. The number of hydrogen-bond acceptors (Lipinski definition) is 5. The van der Waals surface area contributed by atoms with Crippen LogP contribution >= 0.6 is 0 Å². The second-order valence-electron chi connectivity index (χ2n) is 6.49. The van der Waals surface area contributed by atoms with Crippen LogP contribution in [0.5, 0.6) is 0 Å². The number of ether oxygens (including phenoxy) is 1. The quantitative estimate of drug-likeness (QED) is 0.660. The summed E-state index contributed by atoms with van der Waals surface area (Å²) in [4.78, 5) is 18.8. The fraction of sp³-hybridized carbons (Fsp3) is 0.316. The molecule has 140 valence electrons. The van der Waals surface area contributed by atoms with Crippen LogP contribution in [0.15, 0.2) is 42.6 Å². The Labute approximate surface area is 156 Å². The topological polar surface area (TPSA) is 95.2 Å². The number of pyridine rings is 1. The molecular weight excluding hydrogens is 344 g/mol. The van der Waals surface area contributed by atoms with Crippen molar-refractivity contribution in [2.75, 3.05) is 36.5 Å². The Morgan fingerprint density at radius 1 is 1.26 bits per heavy atom. The molecule has 0 radical (unpaired) electrons. The summed E-state index contributed by atoms with van der Waals surface area (Å²) in [5, 5.41) is 14.0. The number of aromatic nitrogens is 3. The predicted molar refractivity (Wildman–Crippen MR) is 104 cm³/mol. The largest absolute Gasteiger partial charge is 0.378 e. The van der Waals surface area contributed by atoms with Crippen LogP contribution in [0.1, 0.15) is 18.5 Å². The number of fused-ring (bicyclic) bond motifs is 1. The van der Waals surface area contributed by atoms with Gasteiger partial charge in [0.25, 0.3) is 0 Å². The summed E-state index contributed by atoms with van der Waals surface area (Å²) >= 11 is 0. The Bertz CT molecular complexity index is 920. The molecule has 1 fully saturated rings. The highest BCUT2D eigenvalue weighted by atomic mass is 16.5. The lowest BCUT2D eigenvalue weighted by Gasteiger charge is -2.26. The number of amides is 2. The lowest BCUT2D eigenvalue weighted by molar-refractivity contribution is 0.122. The van der Waals surface area contributed by atoms with Gasteiger partial charge in [-0.3, -0.25) is 10.4 Å². The van der Waals surface area contributed by atoms with Crippen molar-refractivity contribution >= 4 is 28.6 Å². The van der Waals surface area contributed by atoms with Crippen LogP contribution < -0.4 is 15.5 Å². The van der Waals surface area contributed by atoms with Crippen LogP contribution in [0.25, 0.3) is 10.9 Å². The maximum Gasteiger partial charge on any atom is 0.320 e. The minimum atomic E-state index is -0.300. The summed E-state index contributed by atoms with van der Waals surface area (Å²) in [5.74, 6) is 1.34. The Hall–Kier alpha value is -3.13. The fourth-order valence-electron chi connectivity index (χ4n) is 3.16. The smallest absolute Gasteiger partial charge is 0.320 e. The number of benzene rings is 1. The van der Waals surface area contributed by atoms with E-state index in [2.05, 4.69) is 30.7 Å². The van der Waals surface area contributed by atoms with Gasteiger partial charge in [-0.1, -0.05) is 30.3 Å². The zero-order valence-corrected chi connectivity index (χ0v) is 15.1. The van der Waals surface area contributed by atoms with E-state index in [-0.39, 0.29) is 12.1 Å². The lowest BCUT2D eigenvalue weighted by Crippen LogP contribution is -2.36. The van der Waals surface area contributed by atoms with Crippen molar-refractivity contribution < 1.29 is 9.53 Å². The van der Waals surface area contributed by atoms with E-state index in [9.17, 15) is 4.79 Å². The summed E-state index contributed by atoms with van der Waals surface area (Å²) in [7, 11) is 0. The highest BCUT2D eigenvalue weighted by Gasteiger charge is 2.18. The molecule has 8 heteroatoms. The van der Waals surface area contributed by atoms with E-state index in [4.69, 9.17) is 4.74 Å². The number of morpholine rings is 1. The van der Waals surface area contributed by atoms with Gasteiger partial charge in [0, 0.05) is 25.4 Å². The molecule has 3 aromatic rings. The monoisotopic (exact) mass is 366 g/mol. The number of nitrogens with one attached hydrogen (secondary N) is 3. The van der Waals surface area contributed by atoms with Gasteiger partial charge in [0.2, 0.25) is 0 Å². The second-order valence-corrected chi connectivity index (χ2v) is 6.49. The first-order valence-electron chi connectivity index (χ1n) is 9.00. The van der Waals surface area contributed by atoms with Gasteiger partial charge >= 0.3 is 6.03 Å². The zero-order valence-electron chi connectivity index (χ0n) is 15.1. The van der Waals surface area contributed by atoms with Crippen LogP contribution in [0.3, 0.4) is 0 Å². The van der Waals surface area contributed by atoms with Crippen LogP contribution in [0.2, 0.25) is 0 Å². The number of H-pyrrole nitrogens is 1. The highest BCUT2D eigenvalue weighted by Crippen LogP contribution is 2.25. The van der Waals surface area contributed by atoms with Gasteiger partial charge in [-0.25, -0.2) is 9.78 Å². The second kappa shape index (κ2) is 7.63. The molecule has 2 amide bonds. The Balaban J connectivity index is 1.44. The normalized spacial score (nSPS) is 15.5. The fourth-order valence-corrected chi connectivity index (χ4v) is 3.16. The summed E-state index contributed by atoms with van der Waals surface area (Å²) in [6.45, 7) is 4.94. The maximum atomic E-state index is 12.3. The molecule has 1 aromatic carbocycles. The third-order valence-corrected chi connectivity index (χ3v) is 4.63. The number of anilines is 2. The van der Waals surface area contributed by atoms with Gasteiger partial charge in [-0.05, 0) is 12.5 Å². The van der Waals surface area contributed by atoms with Crippen LogP contribution in [-0.2, 0) is 4.74 Å². The van der Waals surface area contributed by atoms with Crippen molar-refractivity contribution in [1.29, 1.82) is 0 Å².